The highest BCUT2D eigenvalue weighted by Crippen LogP contribution is 2.43. The van der Waals surface area contributed by atoms with Gasteiger partial charge in [-0.2, -0.15) is 0 Å². The highest BCUT2D eigenvalue weighted by molar-refractivity contribution is 5.95. The van der Waals surface area contributed by atoms with E-state index in [1.54, 1.807) is 24.8 Å². The maximum absolute atomic E-state index is 13.8. The summed E-state index contributed by atoms with van der Waals surface area (Å²) in [4.78, 5) is 48.2. The summed E-state index contributed by atoms with van der Waals surface area (Å²) in [5.74, 6) is -1.70. The van der Waals surface area contributed by atoms with Crippen molar-refractivity contribution in [3.63, 3.8) is 0 Å². The number of likely N-dealkylation sites (tertiary alicyclic amines) is 1. The highest BCUT2D eigenvalue weighted by Gasteiger charge is 2.47. The zero-order valence-corrected chi connectivity index (χ0v) is 19.6. The molecule has 1 amide bonds. The lowest BCUT2D eigenvalue weighted by atomic mass is 9.89. The summed E-state index contributed by atoms with van der Waals surface area (Å²) in [5, 5.41) is 18.2. The lowest BCUT2D eigenvalue weighted by Crippen LogP contribution is -2.38. The first kappa shape index (κ1) is 26.7. The van der Waals surface area contributed by atoms with Crippen molar-refractivity contribution in [2.24, 2.45) is 11.8 Å². The number of halogens is 1. The van der Waals surface area contributed by atoms with E-state index in [2.05, 4.69) is 10.3 Å². The number of rotatable bonds is 2. The van der Waals surface area contributed by atoms with Crippen LogP contribution in [-0.2, 0) is 9.59 Å². The first-order chi connectivity index (χ1) is 15.9. The first-order valence-electron chi connectivity index (χ1n) is 10.8. The molecule has 0 spiro atoms. The molecule has 2 aliphatic heterocycles. The number of carboxylic acid groups (broad SMARTS) is 2. The van der Waals surface area contributed by atoms with Gasteiger partial charge in [-0.25, -0.2) is 4.39 Å². The molecule has 0 saturated carbocycles. The standard InChI is InChI=1S/C20H22FN3O2.2C2H4O2/c1-11-6-12(2)23-19(25)17(11)20(26)24-10-14-8-22-9-16(14)18(24)13-4-3-5-15(21)7-13;2*1-2(3)4/h3-7,14,16,18,22H,8-10H2,1-2H3,(H,23,25);2*1H3,(H,3,4)/t14-,16-,18-;;/m0../s1. The Kier molecular flexibility index (Phi) is 9.08. The summed E-state index contributed by atoms with van der Waals surface area (Å²) in [6.45, 7) is 7.95. The van der Waals surface area contributed by atoms with Crippen LogP contribution >= 0.6 is 0 Å². The van der Waals surface area contributed by atoms with Gasteiger partial charge in [0.2, 0.25) is 0 Å². The number of aromatic amines is 1. The van der Waals surface area contributed by atoms with Crippen LogP contribution in [0.1, 0.15) is 47.1 Å². The number of aryl methyl sites for hydroxylation is 2. The SMILES string of the molecule is CC(=O)O.CC(=O)O.Cc1cc(C)c(C(=O)N2C[C@@H]3CNC[C@@H]3[C@@H]2c2cccc(F)c2)c(=O)[nH]1. The van der Waals surface area contributed by atoms with Gasteiger partial charge in [0.1, 0.15) is 11.4 Å². The second-order valence-corrected chi connectivity index (χ2v) is 8.42. The van der Waals surface area contributed by atoms with Gasteiger partial charge in [-0.1, -0.05) is 12.1 Å². The number of benzene rings is 1. The maximum Gasteiger partial charge on any atom is 0.300 e. The number of nitrogens with zero attached hydrogens (tertiary/aromatic N) is 1. The van der Waals surface area contributed by atoms with Crippen molar-refractivity contribution in [1.29, 1.82) is 0 Å². The molecule has 0 aliphatic carbocycles. The molecule has 34 heavy (non-hydrogen) atoms. The molecule has 2 aliphatic rings. The minimum atomic E-state index is -0.833. The maximum atomic E-state index is 13.8. The summed E-state index contributed by atoms with van der Waals surface area (Å²) in [6, 6.07) is 8.03. The van der Waals surface area contributed by atoms with Crippen LogP contribution in [0.2, 0.25) is 0 Å². The van der Waals surface area contributed by atoms with Crippen molar-refractivity contribution in [2.75, 3.05) is 19.6 Å². The Balaban J connectivity index is 0.000000446. The number of carbonyl (C=O) groups is 3. The molecule has 4 rings (SSSR count). The molecule has 2 fully saturated rings. The zero-order chi connectivity index (χ0) is 25.6. The van der Waals surface area contributed by atoms with Crippen LogP contribution in [0.4, 0.5) is 4.39 Å². The van der Waals surface area contributed by atoms with Crippen LogP contribution in [0.15, 0.2) is 35.1 Å². The average Bonchev–Trinajstić information content (AvgIpc) is 3.27. The molecule has 0 bridgehead atoms. The van der Waals surface area contributed by atoms with Crippen molar-refractivity contribution in [1.82, 2.24) is 15.2 Å². The number of aromatic nitrogens is 1. The minimum Gasteiger partial charge on any atom is -0.481 e. The molecule has 184 valence electrons. The number of hydrogen-bond donors (Lipinski definition) is 4. The molecule has 9 nitrogen and oxygen atoms in total. The summed E-state index contributed by atoms with van der Waals surface area (Å²) >= 11 is 0. The Morgan fingerprint density at radius 2 is 1.68 bits per heavy atom. The predicted octanol–water partition coefficient (Wildman–Crippen LogP) is 2.35. The Morgan fingerprint density at radius 1 is 1.06 bits per heavy atom. The number of fused-ring (bicyclic) bond motifs is 1. The van der Waals surface area contributed by atoms with E-state index in [0.29, 0.717) is 18.0 Å². The number of hydrogen-bond acceptors (Lipinski definition) is 5. The van der Waals surface area contributed by atoms with Crippen molar-refractivity contribution in [3.05, 3.63) is 68.9 Å². The smallest absolute Gasteiger partial charge is 0.300 e. The lowest BCUT2D eigenvalue weighted by molar-refractivity contribution is -0.135. The van der Waals surface area contributed by atoms with Gasteiger partial charge in [-0.05, 0) is 49.1 Å². The number of carboxylic acids is 2. The number of H-pyrrole nitrogens is 1. The number of aliphatic carboxylic acids is 2. The number of amides is 1. The molecule has 1 aromatic carbocycles. The van der Waals surface area contributed by atoms with E-state index in [9.17, 15) is 14.0 Å². The molecule has 2 aromatic rings. The molecule has 2 saturated heterocycles. The van der Waals surface area contributed by atoms with Gasteiger partial charge in [0.25, 0.3) is 23.4 Å². The monoisotopic (exact) mass is 475 g/mol. The molecule has 3 heterocycles. The highest BCUT2D eigenvalue weighted by atomic mass is 19.1. The normalized spacial score (nSPS) is 20.4. The molecule has 0 unspecified atom stereocenters. The Bertz CT molecular complexity index is 1100. The molecule has 1 aromatic heterocycles. The summed E-state index contributed by atoms with van der Waals surface area (Å²) in [6.07, 6.45) is 0. The second-order valence-electron chi connectivity index (χ2n) is 8.42. The van der Waals surface area contributed by atoms with Gasteiger partial charge >= 0.3 is 0 Å². The van der Waals surface area contributed by atoms with Crippen LogP contribution in [0.25, 0.3) is 0 Å². The molecule has 3 atom stereocenters. The average molecular weight is 476 g/mol. The van der Waals surface area contributed by atoms with Gasteiger partial charge in [0.05, 0.1) is 6.04 Å². The van der Waals surface area contributed by atoms with Gasteiger partial charge in [-0.3, -0.25) is 19.2 Å². The molecular weight excluding hydrogens is 445 g/mol. The fourth-order valence-corrected chi connectivity index (χ4v) is 4.51. The van der Waals surface area contributed by atoms with Crippen molar-refractivity contribution < 1.29 is 29.0 Å². The van der Waals surface area contributed by atoms with E-state index in [-0.39, 0.29) is 34.8 Å². The largest absolute Gasteiger partial charge is 0.481 e. The topological polar surface area (TPSA) is 140 Å². The van der Waals surface area contributed by atoms with Crippen molar-refractivity contribution in [2.45, 2.75) is 33.7 Å². The van der Waals surface area contributed by atoms with Crippen LogP contribution in [-0.4, -0.2) is 57.6 Å². The van der Waals surface area contributed by atoms with Crippen LogP contribution in [0.3, 0.4) is 0 Å². The molecular formula is C24H30FN3O6. The molecule has 0 radical (unpaired) electrons. The van der Waals surface area contributed by atoms with Crippen LogP contribution < -0.4 is 10.9 Å². The van der Waals surface area contributed by atoms with Gasteiger partial charge in [-0.15, -0.1) is 0 Å². The Labute approximate surface area is 196 Å². The number of nitrogens with one attached hydrogen (secondary N) is 2. The zero-order valence-electron chi connectivity index (χ0n) is 19.6. The number of carbonyl (C=O) groups excluding carboxylic acids is 1. The Morgan fingerprint density at radius 3 is 2.24 bits per heavy atom. The third kappa shape index (κ3) is 6.74. The summed E-state index contributed by atoms with van der Waals surface area (Å²) in [5.41, 5.74) is 2.01. The minimum absolute atomic E-state index is 0.185. The lowest BCUT2D eigenvalue weighted by Gasteiger charge is -2.28. The summed E-state index contributed by atoms with van der Waals surface area (Å²) in [7, 11) is 0. The van der Waals surface area contributed by atoms with E-state index in [1.165, 1.54) is 12.1 Å². The molecule has 10 heteroatoms. The third-order valence-electron chi connectivity index (χ3n) is 5.59. The van der Waals surface area contributed by atoms with E-state index in [4.69, 9.17) is 19.8 Å². The van der Waals surface area contributed by atoms with Crippen molar-refractivity contribution >= 4 is 17.8 Å². The van der Waals surface area contributed by atoms with Gasteiger partial charge < -0.3 is 25.4 Å². The van der Waals surface area contributed by atoms with Gasteiger partial charge in [0, 0.05) is 45.1 Å². The second kappa shape index (κ2) is 11.6. The number of pyridine rings is 1. The van der Waals surface area contributed by atoms with Gasteiger partial charge in [0.15, 0.2) is 0 Å². The Hall–Kier alpha value is -3.53. The van der Waals surface area contributed by atoms with E-state index >= 15 is 0 Å². The third-order valence-corrected chi connectivity index (χ3v) is 5.59. The predicted molar refractivity (Wildman–Crippen MR) is 123 cm³/mol. The quantitative estimate of drug-likeness (QED) is 0.523. The van der Waals surface area contributed by atoms with Crippen molar-refractivity contribution in [3.8, 4) is 0 Å². The van der Waals surface area contributed by atoms with E-state index in [1.807, 2.05) is 12.1 Å². The summed E-state index contributed by atoms with van der Waals surface area (Å²) < 4.78 is 13.8. The van der Waals surface area contributed by atoms with E-state index < -0.39 is 11.9 Å². The fraction of sp³-hybridized carbons (Fsp3) is 0.417. The first-order valence-corrected chi connectivity index (χ1v) is 10.8. The van der Waals surface area contributed by atoms with E-state index in [0.717, 1.165) is 38.2 Å². The molecule has 4 N–H and O–H groups in total. The van der Waals surface area contributed by atoms with Crippen LogP contribution in [0, 0.1) is 31.5 Å². The fourth-order valence-electron chi connectivity index (χ4n) is 4.51. The van der Waals surface area contributed by atoms with Crippen LogP contribution in [0.5, 0.6) is 0 Å².